The zero-order chi connectivity index (χ0) is 15.9. The molecule has 21 heavy (non-hydrogen) atoms. The molecule has 0 heterocycles. The summed E-state index contributed by atoms with van der Waals surface area (Å²) >= 11 is 0. The molecule has 0 bridgehead atoms. The van der Waals surface area contributed by atoms with E-state index < -0.39 is 0 Å². The van der Waals surface area contributed by atoms with Gasteiger partial charge in [-0.05, 0) is 43.4 Å². The lowest BCUT2D eigenvalue weighted by Crippen LogP contribution is -2.30. The fraction of sp³-hybridized carbons (Fsp3) is 0.882. The van der Waals surface area contributed by atoms with Gasteiger partial charge in [0.2, 0.25) is 0 Å². The molecule has 0 aromatic carbocycles. The third-order valence-corrected chi connectivity index (χ3v) is 4.20. The minimum Gasteiger partial charge on any atom is -0.466 e. The molecular weight excluding hydrogens is 268 g/mol. The lowest BCUT2D eigenvalue weighted by molar-refractivity contribution is -0.155. The Bertz CT molecular complexity index is 335. The maximum absolute atomic E-state index is 11.7. The molecule has 0 N–H and O–H groups in total. The highest BCUT2D eigenvalue weighted by Crippen LogP contribution is 2.38. The van der Waals surface area contributed by atoms with E-state index in [0.717, 1.165) is 32.1 Å². The Morgan fingerprint density at radius 2 is 1.57 bits per heavy atom. The summed E-state index contributed by atoms with van der Waals surface area (Å²) in [6.07, 6.45) is 5.18. The van der Waals surface area contributed by atoms with Crippen molar-refractivity contribution >= 4 is 11.9 Å². The fourth-order valence-electron chi connectivity index (χ4n) is 2.78. The first kappa shape index (κ1) is 18.0. The second-order valence-electron chi connectivity index (χ2n) is 7.05. The third-order valence-electron chi connectivity index (χ3n) is 4.20. The summed E-state index contributed by atoms with van der Waals surface area (Å²) in [5.41, 5.74) is 0.331. The second-order valence-corrected chi connectivity index (χ2v) is 7.05. The van der Waals surface area contributed by atoms with Gasteiger partial charge in [-0.25, -0.2) is 0 Å². The summed E-state index contributed by atoms with van der Waals surface area (Å²) in [5, 5.41) is 0. The molecule has 1 saturated carbocycles. The SMILES string of the molecule is CCCOC(=O)CCC(=O)OC1CCC(C(C)(C)C)CC1. The Hall–Kier alpha value is -1.06. The largest absolute Gasteiger partial charge is 0.466 e. The van der Waals surface area contributed by atoms with Gasteiger partial charge in [-0.15, -0.1) is 0 Å². The fourth-order valence-corrected chi connectivity index (χ4v) is 2.78. The van der Waals surface area contributed by atoms with Gasteiger partial charge in [0.1, 0.15) is 6.10 Å². The van der Waals surface area contributed by atoms with Crippen molar-refractivity contribution in [1.29, 1.82) is 0 Å². The van der Waals surface area contributed by atoms with Crippen LogP contribution in [0.4, 0.5) is 0 Å². The van der Waals surface area contributed by atoms with E-state index in [-0.39, 0.29) is 30.9 Å². The van der Waals surface area contributed by atoms with Gasteiger partial charge in [0.15, 0.2) is 0 Å². The highest BCUT2D eigenvalue weighted by atomic mass is 16.5. The Balaban J connectivity index is 2.20. The maximum Gasteiger partial charge on any atom is 0.306 e. The maximum atomic E-state index is 11.7. The molecule has 0 atom stereocenters. The molecule has 0 amide bonds. The van der Waals surface area contributed by atoms with Gasteiger partial charge < -0.3 is 9.47 Å². The molecule has 0 aliphatic heterocycles. The molecule has 0 unspecified atom stereocenters. The van der Waals surface area contributed by atoms with Crippen molar-refractivity contribution in [2.75, 3.05) is 6.61 Å². The topological polar surface area (TPSA) is 52.6 Å². The number of esters is 2. The Labute approximate surface area is 128 Å². The van der Waals surface area contributed by atoms with Crippen LogP contribution in [0.5, 0.6) is 0 Å². The summed E-state index contributed by atoms with van der Waals surface area (Å²) in [6.45, 7) is 9.17. The van der Waals surface area contributed by atoms with E-state index in [9.17, 15) is 9.59 Å². The molecule has 0 radical (unpaired) electrons. The van der Waals surface area contributed by atoms with Gasteiger partial charge in [0.05, 0.1) is 19.4 Å². The average molecular weight is 298 g/mol. The van der Waals surface area contributed by atoms with Crippen LogP contribution in [0, 0.1) is 11.3 Å². The molecule has 1 aliphatic carbocycles. The normalized spacial score (nSPS) is 22.7. The van der Waals surface area contributed by atoms with Gasteiger partial charge in [0.25, 0.3) is 0 Å². The van der Waals surface area contributed by atoms with Crippen molar-refractivity contribution in [3.8, 4) is 0 Å². The molecule has 122 valence electrons. The minimum atomic E-state index is -0.315. The molecule has 0 aromatic rings. The standard InChI is InChI=1S/C17H30O4/c1-5-12-20-15(18)10-11-16(19)21-14-8-6-13(7-9-14)17(2,3)4/h13-14H,5-12H2,1-4H3. The van der Waals surface area contributed by atoms with E-state index in [1.807, 2.05) is 6.92 Å². The van der Waals surface area contributed by atoms with Crippen molar-refractivity contribution in [3.63, 3.8) is 0 Å². The summed E-state index contributed by atoms with van der Waals surface area (Å²) in [7, 11) is 0. The quantitative estimate of drug-likeness (QED) is 0.699. The molecule has 0 spiro atoms. The zero-order valence-corrected chi connectivity index (χ0v) is 13.9. The summed E-state index contributed by atoms with van der Waals surface area (Å²) in [6, 6.07) is 0. The number of hydrogen-bond donors (Lipinski definition) is 0. The highest BCUT2D eigenvalue weighted by molar-refractivity contribution is 5.77. The van der Waals surface area contributed by atoms with Crippen LogP contribution in [0.1, 0.15) is 72.6 Å². The monoisotopic (exact) mass is 298 g/mol. The van der Waals surface area contributed by atoms with E-state index in [2.05, 4.69) is 20.8 Å². The first-order valence-electron chi connectivity index (χ1n) is 8.18. The summed E-state index contributed by atoms with van der Waals surface area (Å²) in [5.74, 6) is 0.115. The number of ether oxygens (including phenoxy) is 2. The summed E-state index contributed by atoms with van der Waals surface area (Å²) < 4.78 is 10.4. The third kappa shape index (κ3) is 6.96. The second kappa shape index (κ2) is 8.40. The average Bonchev–Trinajstić information content (AvgIpc) is 2.42. The van der Waals surface area contributed by atoms with E-state index in [1.54, 1.807) is 0 Å². The zero-order valence-electron chi connectivity index (χ0n) is 13.9. The Morgan fingerprint density at radius 1 is 1.00 bits per heavy atom. The van der Waals surface area contributed by atoms with Crippen molar-refractivity contribution in [3.05, 3.63) is 0 Å². The van der Waals surface area contributed by atoms with Crippen molar-refractivity contribution in [2.24, 2.45) is 11.3 Å². The van der Waals surface area contributed by atoms with E-state index in [1.165, 1.54) is 0 Å². The van der Waals surface area contributed by atoms with Crippen molar-refractivity contribution < 1.29 is 19.1 Å². The van der Waals surface area contributed by atoms with Crippen LogP contribution >= 0.6 is 0 Å². The molecule has 4 nitrogen and oxygen atoms in total. The van der Waals surface area contributed by atoms with E-state index >= 15 is 0 Å². The predicted octanol–water partition coefficient (Wildman–Crippen LogP) is 3.87. The molecule has 1 fully saturated rings. The summed E-state index contributed by atoms with van der Waals surface area (Å²) in [4.78, 5) is 23.1. The number of hydrogen-bond acceptors (Lipinski definition) is 4. The van der Waals surface area contributed by atoms with Gasteiger partial charge in [-0.3, -0.25) is 9.59 Å². The molecule has 0 aromatic heterocycles. The number of carbonyl (C=O) groups is 2. The van der Waals surface area contributed by atoms with Crippen molar-refractivity contribution in [1.82, 2.24) is 0 Å². The van der Waals surface area contributed by atoms with Gasteiger partial charge in [-0.1, -0.05) is 27.7 Å². The molecule has 1 rings (SSSR count). The molecule has 1 aliphatic rings. The van der Waals surface area contributed by atoms with Crippen LogP contribution in [-0.2, 0) is 19.1 Å². The van der Waals surface area contributed by atoms with Crippen LogP contribution in [0.3, 0.4) is 0 Å². The molecule has 0 saturated heterocycles. The van der Waals surface area contributed by atoms with Crippen molar-refractivity contribution in [2.45, 2.75) is 78.7 Å². The van der Waals surface area contributed by atoms with Crippen LogP contribution in [-0.4, -0.2) is 24.6 Å². The van der Waals surface area contributed by atoms with Gasteiger partial charge >= 0.3 is 11.9 Å². The molecule has 4 heteroatoms. The van der Waals surface area contributed by atoms with Crippen LogP contribution in [0.25, 0.3) is 0 Å². The van der Waals surface area contributed by atoms with E-state index in [4.69, 9.17) is 9.47 Å². The molecular formula is C17H30O4. The van der Waals surface area contributed by atoms with Crippen LogP contribution in [0.2, 0.25) is 0 Å². The predicted molar refractivity (Wildman–Crippen MR) is 81.8 cm³/mol. The van der Waals surface area contributed by atoms with Gasteiger partial charge in [0, 0.05) is 0 Å². The Morgan fingerprint density at radius 3 is 2.10 bits per heavy atom. The number of carbonyl (C=O) groups excluding carboxylic acids is 2. The van der Waals surface area contributed by atoms with E-state index in [0.29, 0.717) is 17.9 Å². The highest BCUT2D eigenvalue weighted by Gasteiger charge is 2.31. The van der Waals surface area contributed by atoms with Crippen LogP contribution < -0.4 is 0 Å². The number of rotatable bonds is 6. The van der Waals surface area contributed by atoms with Gasteiger partial charge in [-0.2, -0.15) is 0 Å². The first-order chi connectivity index (χ1) is 9.82. The minimum absolute atomic E-state index is 0.0303. The lowest BCUT2D eigenvalue weighted by Gasteiger charge is -2.36. The first-order valence-corrected chi connectivity index (χ1v) is 8.18. The Kier molecular flexibility index (Phi) is 7.20. The van der Waals surface area contributed by atoms with Crippen LogP contribution in [0.15, 0.2) is 0 Å². The smallest absolute Gasteiger partial charge is 0.306 e. The lowest BCUT2D eigenvalue weighted by atomic mass is 9.72.